The Morgan fingerprint density at radius 3 is 2.44 bits per heavy atom. The summed E-state index contributed by atoms with van der Waals surface area (Å²) < 4.78 is 7.15. The van der Waals surface area contributed by atoms with Crippen LogP contribution in [0.15, 0.2) is 48.5 Å². The lowest BCUT2D eigenvalue weighted by molar-refractivity contribution is 0.0517. The average molecular weight is 434 g/mol. The highest BCUT2D eigenvalue weighted by atomic mass is 16.5. The Labute approximate surface area is 189 Å². The molecular weight excluding hydrogens is 402 g/mol. The molecule has 1 saturated heterocycles. The minimum atomic E-state index is -0.389. The molecule has 0 radical (unpaired) electrons. The highest BCUT2D eigenvalue weighted by Crippen LogP contribution is 2.31. The van der Waals surface area contributed by atoms with E-state index in [4.69, 9.17) is 4.74 Å². The first-order chi connectivity index (χ1) is 15.3. The fourth-order valence-electron chi connectivity index (χ4n) is 4.43. The van der Waals surface area contributed by atoms with Crippen molar-refractivity contribution in [3.8, 4) is 0 Å². The minimum Gasteiger partial charge on any atom is -0.461 e. The number of rotatable bonds is 4. The van der Waals surface area contributed by atoms with Crippen molar-refractivity contribution < 1.29 is 14.3 Å². The van der Waals surface area contributed by atoms with E-state index in [1.807, 2.05) is 58.1 Å². The Balaban J connectivity index is 1.53. The molecule has 1 aliphatic rings. The number of carbonyl (C=O) groups is 2. The number of fused-ring (bicyclic) bond motifs is 1. The Kier molecular flexibility index (Phi) is 6.04. The SMILES string of the molecule is CCOC(=O)c1cc(C(C)(C)C)n(C2CCN(C(=O)c3cccc4ccccc34)CC2)n1. The molecule has 1 aromatic heterocycles. The Bertz CT molecular complexity index is 1130. The van der Waals surface area contributed by atoms with Crippen LogP contribution in [-0.2, 0) is 10.2 Å². The molecular formula is C26H31N3O3. The van der Waals surface area contributed by atoms with Crippen LogP contribution < -0.4 is 0 Å². The van der Waals surface area contributed by atoms with Gasteiger partial charge in [0.15, 0.2) is 5.69 Å². The van der Waals surface area contributed by atoms with Crippen LogP contribution in [0.3, 0.4) is 0 Å². The molecule has 6 nitrogen and oxygen atoms in total. The first-order valence-corrected chi connectivity index (χ1v) is 11.3. The number of nitrogens with zero attached hydrogens (tertiary/aromatic N) is 3. The van der Waals surface area contributed by atoms with E-state index >= 15 is 0 Å². The third-order valence-corrected chi connectivity index (χ3v) is 6.11. The molecule has 0 atom stereocenters. The topological polar surface area (TPSA) is 64.4 Å². The standard InChI is InChI=1S/C26H31N3O3/c1-5-32-25(31)22-17-23(26(2,3)4)29(27-22)19-13-15-28(16-14-19)24(30)21-12-8-10-18-9-6-7-11-20(18)21/h6-12,17,19H,5,13-16H2,1-4H3. The quantitative estimate of drug-likeness (QED) is 0.544. The van der Waals surface area contributed by atoms with E-state index < -0.39 is 0 Å². The summed E-state index contributed by atoms with van der Waals surface area (Å²) in [4.78, 5) is 27.5. The van der Waals surface area contributed by atoms with Crippen LogP contribution in [0, 0.1) is 0 Å². The van der Waals surface area contributed by atoms with Crippen molar-refractivity contribution in [1.29, 1.82) is 0 Å². The van der Waals surface area contributed by atoms with Gasteiger partial charge in [-0.1, -0.05) is 57.2 Å². The number of piperidine rings is 1. The number of carbonyl (C=O) groups excluding carboxylic acids is 2. The monoisotopic (exact) mass is 433 g/mol. The molecule has 168 valence electrons. The lowest BCUT2D eigenvalue weighted by Crippen LogP contribution is -2.40. The van der Waals surface area contributed by atoms with Gasteiger partial charge in [-0.2, -0.15) is 5.10 Å². The predicted octanol–water partition coefficient (Wildman–Crippen LogP) is 4.99. The van der Waals surface area contributed by atoms with Gasteiger partial charge in [0.2, 0.25) is 0 Å². The van der Waals surface area contributed by atoms with Crippen LogP contribution >= 0.6 is 0 Å². The summed E-state index contributed by atoms with van der Waals surface area (Å²) in [6.45, 7) is 9.79. The summed E-state index contributed by atoms with van der Waals surface area (Å²) in [6.07, 6.45) is 1.59. The van der Waals surface area contributed by atoms with Crippen molar-refractivity contribution in [2.24, 2.45) is 0 Å². The lowest BCUT2D eigenvalue weighted by Gasteiger charge is -2.34. The second-order valence-corrected chi connectivity index (χ2v) is 9.38. The summed E-state index contributed by atoms with van der Waals surface area (Å²) >= 11 is 0. The molecule has 2 aromatic carbocycles. The summed E-state index contributed by atoms with van der Waals surface area (Å²) in [7, 11) is 0. The number of likely N-dealkylation sites (tertiary alicyclic amines) is 1. The maximum Gasteiger partial charge on any atom is 0.358 e. The van der Waals surface area contributed by atoms with Crippen molar-refractivity contribution in [2.75, 3.05) is 19.7 Å². The van der Waals surface area contributed by atoms with E-state index in [9.17, 15) is 9.59 Å². The van der Waals surface area contributed by atoms with Crippen LogP contribution in [0.25, 0.3) is 10.8 Å². The predicted molar refractivity (Wildman–Crippen MR) is 125 cm³/mol. The molecule has 0 saturated carbocycles. The summed E-state index contributed by atoms with van der Waals surface area (Å²) in [6, 6.07) is 15.9. The normalized spacial score (nSPS) is 15.2. The van der Waals surface area contributed by atoms with Crippen LogP contribution in [0.1, 0.15) is 73.1 Å². The van der Waals surface area contributed by atoms with Gasteiger partial charge < -0.3 is 9.64 Å². The molecule has 2 heterocycles. The highest BCUT2D eigenvalue weighted by Gasteiger charge is 2.31. The molecule has 1 fully saturated rings. The second-order valence-electron chi connectivity index (χ2n) is 9.38. The smallest absolute Gasteiger partial charge is 0.358 e. The van der Waals surface area contributed by atoms with Gasteiger partial charge in [0, 0.05) is 29.8 Å². The van der Waals surface area contributed by atoms with Crippen LogP contribution in [0.4, 0.5) is 0 Å². The van der Waals surface area contributed by atoms with E-state index in [1.54, 1.807) is 6.92 Å². The van der Waals surface area contributed by atoms with E-state index in [-0.39, 0.29) is 23.3 Å². The maximum atomic E-state index is 13.3. The molecule has 6 heteroatoms. The van der Waals surface area contributed by atoms with Gasteiger partial charge in [-0.3, -0.25) is 9.48 Å². The number of benzene rings is 2. The van der Waals surface area contributed by atoms with Gasteiger partial charge in [-0.25, -0.2) is 4.79 Å². The van der Waals surface area contributed by atoms with Gasteiger partial charge in [0.1, 0.15) is 0 Å². The van der Waals surface area contributed by atoms with E-state index in [1.165, 1.54) is 0 Å². The number of aromatic nitrogens is 2. The summed E-state index contributed by atoms with van der Waals surface area (Å²) in [5.74, 6) is -0.315. The van der Waals surface area contributed by atoms with Gasteiger partial charge in [0.25, 0.3) is 5.91 Å². The second kappa shape index (κ2) is 8.77. The Morgan fingerprint density at radius 2 is 1.75 bits per heavy atom. The van der Waals surface area contributed by atoms with E-state index in [0.29, 0.717) is 25.4 Å². The fourth-order valence-corrected chi connectivity index (χ4v) is 4.43. The number of hydrogen-bond acceptors (Lipinski definition) is 4. The molecule has 0 N–H and O–H groups in total. The third-order valence-electron chi connectivity index (χ3n) is 6.11. The summed E-state index contributed by atoms with van der Waals surface area (Å²) in [5, 5.41) is 6.69. The number of amides is 1. The molecule has 3 aromatic rings. The molecule has 0 bridgehead atoms. The van der Waals surface area contributed by atoms with Gasteiger partial charge >= 0.3 is 5.97 Å². The molecule has 1 aliphatic heterocycles. The van der Waals surface area contributed by atoms with Crippen molar-refractivity contribution >= 4 is 22.6 Å². The maximum absolute atomic E-state index is 13.3. The molecule has 0 spiro atoms. The van der Waals surface area contributed by atoms with Gasteiger partial charge in [-0.05, 0) is 42.7 Å². The molecule has 1 amide bonds. The molecule has 0 aliphatic carbocycles. The number of esters is 1. The first-order valence-electron chi connectivity index (χ1n) is 11.3. The van der Waals surface area contributed by atoms with Crippen LogP contribution in [-0.4, -0.2) is 46.3 Å². The van der Waals surface area contributed by atoms with Crippen molar-refractivity contribution in [3.63, 3.8) is 0 Å². The van der Waals surface area contributed by atoms with Gasteiger partial charge in [0.05, 0.1) is 12.6 Å². The minimum absolute atomic E-state index is 0.0731. The van der Waals surface area contributed by atoms with Crippen molar-refractivity contribution in [3.05, 3.63) is 65.5 Å². The van der Waals surface area contributed by atoms with E-state index in [0.717, 1.165) is 34.9 Å². The molecule has 4 rings (SSSR count). The largest absolute Gasteiger partial charge is 0.461 e. The fraction of sp³-hybridized carbons (Fsp3) is 0.423. The van der Waals surface area contributed by atoms with Gasteiger partial charge in [-0.15, -0.1) is 0 Å². The van der Waals surface area contributed by atoms with Crippen LogP contribution in [0.2, 0.25) is 0 Å². The zero-order valence-electron chi connectivity index (χ0n) is 19.3. The third kappa shape index (κ3) is 4.27. The Hall–Kier alpha value is -3.15. The lowest BCUT2D eigenvalue weighted by atomic mass is 9.91. The van der Waals surface area contributed by atoms with E-state index in [2.05, 4.69) is 25.9 Å². The molecule has 32 heavy (non-hydrogen) atoms. The first kappa shape index (κ1) is 22.1. The zero-order chi connectivity index (χ0) is 22.9. The van der Waals surface area contributed by atoms with Crippen LogP contribution in [0.5, 0.6) is 0 Å². The van der Waals surface area contributed by atoms with Crippen molar-refractivity contribution in [2.45, 2.75) is 52.0 Å². The highest BCUT2D eigenvalue weighted by molar-refractivity contribution is 6.07. The number of hydrogen-bond donors (Lipinski definition) is 0. The van der Waals surface area contributed by atoms with Crippen molar-refractivity contribution in [1.82, 2.24) is 14.7 Å². The zero-order valence-corrected chi connectivity index (χ0v) is 19.3. The Morgan fingerprint density at radius 1 is 1.06 bits per heavy atom. The summed E-state index contributed by atoms with van der Waals surface area (Å²) in [5.41, 5.74) is 1.96. The average Bonchev–Trinajstić information content (AvgIpc) is 3.25. The number of ether oxygens (including phenoxy) is 1. The molecule has 0 unspecified atom stereocenters.